The molecule has 1 aliphatic heterocycles. The van der Waals surface area contributed by atoms with Crippen molar-refractivity contribution in [1.29, 1.82) is 0 Å². The van der Waals surface area contributed by atoms with E-state index in [2.05, 4.69) is 20.3 Å². The van der Waals surface area contributed by atoms with Gasteiger partial charge in [-0.15, -0.1) is 0 Å². The first-order chi connectivity index (χ1) is 11.6. The number of carbonyl (C=O) groups is 1. The number of carbonyl (C=O) groups excluding carboxylic acids is 1. The minimum absolute atomic E-state index is 0.0502. The van der Waals surface area contributed by atoms with Gasteiger partial charge in [0.1, 0.15) is 11.6 Å². The molecule has 3 rings (SSSR count). The molecule has 7 heteroatoms. The predicted octanol–water partition coefficient (Wildman–Crippen LogP) is 1.80. The number of nitrogens with zero attached hydrogens (tertiary/aromatic N) is 3. The third kappa shape index (κ3) is 3.51. The number of hydrogen-bond donors (Lipinski definition) is 2. The first kappa shape index (κ1) is 16.3. The van der Waals surface area contributed by atoms with Crippen LogP contribution in [0.4, 0.5) is 10.2 Å². The average molecular weight is 329 g/mol. The Hall–Kier alpha value is -2.54. The van der Waals surface area contributed by atoms with Crippen LogP contribution in [0.1, 0.15) is 18.5 Å². The van der Waals surface area contributed by atoms with Crippen LogP contribution in [0.3, 0.4) is 0 Å². The van der Waals surface area contributed by atoms with Gasteiger partial charge in [-0.3, -0.25) is 10.2 Å². The van der Waals surface area contributed by atoms with Crippen molar-refractivity contribution in [2.75, 3.05) is 18.0 Å². The number of hydrazine groups is 1. The van der Waals surface area contributed by atoms with Gasteiger partial charge in [0.25, 0.3) is 0 Å². The van der Waals surface area contributed by atoms with Crippen LogP contribution in [-0.2, 0) is 4.79 Å². The summed E-state index contributed by atoms with van der Waals surface area (Å²) in [6.07, 6.45) is 1.47. The van der Waals surface area contributed by atoms with E-state index in [1.807, 2.05) is 13.0 Å². The number of nitrogens with two attached hydrogens (primary N) is 1. The van der Waals surface area contributed by atoms with E-state index >= 15 is 0 Å². The molecule has 1 aliphatic rings. The summed E-state index contributed by atoms with van der Waals surface area (Å²) < 4.78 is 13.1. The van der Waals surface area contributed by atoms with Crippen molar-refractivity contribution in [3.05, 3.63) is 41.8 Å². The second-order valence-corrected chi connectivity index (χ2v) is 5.97. The molecule has 126 valence electrons. The van der Waals surface area contributed by atoms with Gasteiger partial charge in [0.05, 0.1) is 0 Å². The van der Waals surface area contributed by atoms with E-state index in [1.54, 1.807) is 12.1 Å². The van der Waals surface area contributed by atoms with E-state index in [9.17, 15) is 9.18 Å². The van der Waals surface area contributed by atoms with Crippen molar-refractivity contribution in [3.63, 3.8) is 0 Å². The Kier molecular flexibility index (Phi) is 4.71. The van der Waals surface area contributed by atoms with Crippen LogP contribution in [0.2, 0.25) is 0 Å². The summed E-state index contributed by atoms with van der Waals surface area (Å²) in [4.78, 5) is 22.8. The van der Waals surface area contributed by atoms with E-state index in [0.29, 0.717) is 5.82 Å². The van der Waals surface area contributed by atoms with Gasteiger partial charge in [0, 0.05) is 36.3 Å². The Balaban J connectivity index is 1.80. The lowest BCUT2D eigenvalue weighted by Gasteiger charge is -2.32. The van der Waals surface area contributed by atoms with Crippen molar-refractivity contribution >= 4 is 11.7 Å². The lowest BCUT2D eigenvalue weighted by molar-refractivity contribution is -0.125. The van der Waals surface area contributed by atoms with Gasteiger partial charge in [0.2, 0.25) is 5.91 Å². The van der Waals surface area contributed by atoms with Crippen molar-refractivity contribution in [3.8, 4) is 11.4 Å². The monoisotopic (exact) mass is 329 g/mol. The number of piperidine rings is 1. The maximum atomic E-state index is 13.1. The van der Waals surface area contributed by atoms with Crippen LogP contribution >= 0.6 is 0 Å². The van der Waals surface area contributed by atoms with Crippen LogP contribution in [0.15, 0.2) is 30.3 Å². The largest absolute Gasteiger partial charge is 0.356 e. The molecule has 1 amide bonds. The molecule has 1 saturated heterocycles. The number of aromatic nitrogens is 2. The summed E-state index contributed by atoms with van der Waals surface area (Å²) in [6, 6.07) is 8.07. The number of benzene rings is 1. The fraction of sp³-hybridized carbons (Fsp3) is 0.353. The summed E-state index contributed by atoms with van der Waals surface area (Å²) in [5.74, 6) is 6.16. The Bertz CT molecular complexity index is 726. The normalized spacial score (nSPS) is 15.4. The Labute approximate surface area is 139 Å². The summed E-state index contributed by atoms with van der Waals surface area (Å²) in [6.45, 7) is 3.38. The highest BCUT2D eigenvalue weighted by Crippen LogP contribution is 2.25. The third-order valence-corrected chi connectivity index (χ3v) is 4.28. The lowest BCUT2D eigenvalue weighted by Crippen LogP contribution is -2.43. The van der Waals surface area contributed by atoms with E-state index in [-0.39, 0.29) is 17.6 Å². The van der Waals surface area contributed by atoms with Crippen molar-refractivity contribution < 1.29 is 9.18 Å². The van der Waals surface area contributed by atoms with E-state index in [4.69, 9.17) is 5.84 Å². The number of rotatable bonds is 3. The highest BCUT2D eigenvalue weighted by atomic mass is 19.1. The highest BCUT2D eigenvalue weighted by molar-refractivity contribution is 5.78. The number of nitrogens with one attached hydrogen (secondary N) is 1. The molecule has 24 heavy (non-hydrogen) atoms. The minimum atomic E-state index is -0.285. The number of halogens is 1. The molecule has 2 heterocycles. The number of hydrogen-bond acceptors (Lipinski definition) is 5. The van der Waals surface area contributed by atoms with Crippen LogP contribution < -0.4 is 16.2 Å². The zero-order chi connectivity index (χ0) is 17.1. The fourth-order valence-electron chi connectivity index (χ4n) is 2.93. The summed E-state index contributed by atoms with van der Waals surface area (Å²) in [5.41, 5.74) is 3.84. The zero-order valence-electron chi connectivity index (χ0n) is 13.5. The number of aryl methyl sites for hydroxylation is 1. The van der Waals surface area contributed by atoms with Gasteiger partial charge in [-0.05, 0) is 44.0 Å². The maximum absolute atomic E-state index is 13.1. The Morgan fingerprint density at radius 2 is 1.92 bits per heavy atom. The highest BCUT2D eigenvalue weighted by Gasteiger charge is 2.25. The molecule has 0 bridgehead atoms. The van der Waals surface area contributed by atoms with Gasteiger partial charge in [-0.1, -0.05) is 0 Å². The first-order valence-electron chi connectivity index (χ1n) is 7.94. The molecule has 2 aromatic rings. The zero-order valence-corrected chi connectivity index (χ0v) is 13.5. The molecule has 0 atom stereocenters. The molecule has 0 saturated carbocycles. The van der Waals surface area contributed by atoms with Crippen LogP contribution in [0.25, 0.3) is 11.4 Å². The molecule has 0 radical (unpaired) electrons. The van der Waals surface area contributed by atoms with Gasteiger partial charge >= 0.3 is 0 Å². The number of anilines is 1. The summed E-state index contributed by atoms with van der Waals surface area (Å²) >= 11 is 0. The molecule has 1 aromatic heterocycles. The topological polar surface area (TPSA) is 84.1 Å². The van der Waals surface area contributed by atoms with Gasteiger partial charge < -0.3 is 4.90 Å². The molecule has 1 aromatic carbocycles. The predicted molar refractivity (Wildman–Crippen MR) is 89.4 cm³/mol. The Morgan fingerprint density at radius 1 is 1.25 bits per heavy atom. The standard InChI is InChI=1S/C17H20FN5O/c1-11-10-15(23-8-6-13(7-9-23)17(24)22-19)21-16(20-11)12-2-4-14(18)5-3-12/h2-5,10,13H,6-9,19H2,1H3,(H,22,24). The first-order valence-corrected chi connectivity index (χ1v) is 7.94. The maximum Gasteiger partial charge on any atom is 0.237 e. The third-order valence-electron chi connectivity index (χ3n) is 4.28. The molecular formula is C17H20FN5O. The minimum Gasteiger partial charge on any atom is -0.356 e. The second kappa shape index (κ2) is 6.92. The molecular weight excluding hydrogens is 309 g/mol. The summed E-state index contributed by atoms with van der Waals surface area (Å²) in [5, 5.41) is 0. The molecule has 3 N–H and O–H groups in total. The summed E-state index contributed by atoms with van der Waals surface area (Å²) in [7, 11) is 0. The Morgan fingerprint density at radius 3 is 2.54 bits per heavy atom. The van der Waals surface area contributed by atoms with Crippen molar-refractivity contribution in [2.45, 2.75) is 19.8 Å². The fourth-order valence-corrected chi connectivity index (χ4v) is 2.93. The van der Waals surface area contributed by atoms with E-state index in [1.165, 1.54) is 12.1 Å². The molecule has 0 aliphatic carbocycles. The SMILES string of the molecule is Cc1cc(N2CCC(C(=O)NN)CC2)nc(-c2ccc(F)cc2)n1. The van der Waals surface area contributed by atoms with Gasteiger partial charge in [-0.25, -0.2) is 20.2 Å². The molecule has 1 fully saturated rings. The van der Waals surface area contributed by atoms with Crippen LogP contribution in [0.5, 0.6) is 0 Å². The number of amides is 1. The van der Waals surface area contributed by atoms with Crippen molar-refractivity contribution in [2.24, 2.45) is 11.8 Å². The molecule has 0 spiro atoms. The van der Waals surface area contributed by atoms with E-state index in [0.717, 1.165) is 43.0 Å². The lowest BCUT2D eigenvalue weighted by atomic mass is 9.96. The smallest absolute Gasteiger partial charge is 0.237 e. The van der Waals surface area contributed by atoms with Crippen LogP contribution in [-0.4, -0.2) is 29.0 Å². The quantitative estimate of drug-likeness (QED) is 0.510. The van der Waals surface area contributed by atoms with Gasteiger partial charge in [0.15, 0.2) is 5.82 Å². The molecule has 6 nitrogen and oxygen atoms in total. The van der Waals surface area contributed by atoms with Crippen LogP contribution in [0, 0.1) is 18.7 Å². The molecule has 0 unspecified atom stereocenters. The van der Waals surface area contributed by atoms with Gasteiger partial charge in [-0.2, -0.15) is 0 Å². The second-order valence-electron chi connectivity index (χ2n) is 5.97. The van der Waals surface area contributed by atoms with E-state index < -0.39 is 0 Å². The van der Waals surface area contributed by atoms with Crippen molar-refractivity contribution in [1.82, 2.24) is 15.4 Å². The average Bonchev–Trinajstić information content (AvgIpc) is 2.61.